The minimum absolute atomic E-state index is 0.351. The fourth-order valence-corrected chi connectivity index (χ4v) is 2.33. The van der Waals surface area contributed by atoms with E-state index in [4.69, 9.17) is 25.8 Å². The molecule has 0 aliphatic heterocycles. The highest BCUT2D eigenvalue weighted by Crippen LogP contribution is 2.17. The molecule has 2 rings (SSSR count). The molecule has 1 atom stereocenters. The van der Waals surface area contributed by atoms with Gasteiger partial charge in [-0.05, 0) is 55.3 Å². The lowest BCUT2D eigenvalue weighted by Gasteiger charge is -2.14. The maximum atomic E-state index is 11.9. The number of carbonyl (C=O) groups excluding carboxylic acids is 2. The van der Waals surface area contributed by atoms with Crippen LogP contribution in [0, 0.1) is 0 Å². The van der Waals surface area contributed by atoms with E-state index in [-0.39, 0.29) is 12.5 Å². The van der Waals surface area contributed by atoms with E-state index in [2.05, 4.69) is 5.32 Å². The van der Waals surface area contributed by atoms with Crippen LogP contribution >= 0.6 is 11.6 Å². The van der Waals surface area contributed by atoms with Crippen molar-refractivity contribution in [2.45, 2.75) is 19.4 Å². The highest BCUT2D eigenvalue weighted by molar-refractivity contribution is 6.30. The first-order valence-corrected chi connectivity index (χ1v) is 8.84. The third-order valence-electron chi connectivity index (χ3n) is 3.70. The minimum atomic E-state index is -0.835. The molecule has 0 saturated heterocycles. The molecule has 2 aromatic rings. The van der Waals surface area contributed by atoms with Crippen LogP contribution in [-0.4, -0.2) is 38.2 Å². The number of amides is 1. The maximum Gasteiger partial charge on any atom is 0.347 e. The summed E-state index contributed by atoms with van der Waals surface area (Å²) in [6.07, 6.45) is -0.169. The van der Waals surface area contributed by atoms with E-state index in [9.17, 15) is 9.59 Å². The molecule has 0 heterocycles. The van der Waals surface area contributed by atoms with Crippen LogP contribution in [0.1, 0.15) is 12.5 Å². The van der Waals surface area contributed by atoms with Crippen LogP contribution in [0.5, 0.6) is 11.5 Å². The molecule has 1 N–H and O–H groups in total. The summed E-state index contributed by atoms with van der Waals surface area (Å²) in [6, 6.07) is 14.2. The van der Waals surface area contributed by atoms with Gasteiger partial charge in [-0.2, -0.15) is 0 Å². The molecule has 0 radical (unpaired) electrons. The molecule has 0 aliphatic rings. The zero-order valence-corrected chi connectivity index (χ0v) is 16.0. The molecular formula is C20H22ClNO5. The molecular weight excluding hydrogens is 370 g/mol. The van der Waals surface area contributed by atoms with Crippen LogP contribution in [0.2, 0.25) is 5.02 Å². The molecule has 2 aromatic carbocycles. The second-order valence-corrected chi connectivity index (χ2v) is 6.21. The van der Waals surface area contributed by atoms with Crippen molar-refractivity contribution in [3.05, 3.63) is 59.1 Å². The second-order valence-electron chi connectivity index (χ2n) is 5.77. The highest BCUT2D eigenvalue weighted by atomic mass is 35.5. The summed E-state index contributed by atoms with van der Waals surface area (Å²) < 4.78 is 15.5. The van der Waals surface area contributed by atoms with E-state index in [0.29, 0.717) is 23.7 Å². The molecule has 0 unspecified atom stereocenters. The smallest absolute Gasteiger partial charge is 0.347 e. The fourth-order valence-electron chi connectivity index (χ4n) is 2.21. The topological polar surface area (TPSA) is 73.9 Å². The third kappa shape index (κ3) is 7.19. The first-order valence-electron chi connectivity index (χ1n) is 8.46. The molecule has 6 nitrogen and oxygen atoms in total. The number of ether oxygens (including phenoxy) is 3. The SMILES string of the molecule is COc1ccc(CCNC(=O)COC(=O)[C@H](C)Oc2ccc(Cl)cc2)cc1. The number of rotatable bonds is 9. The van der Waals surface area contributed by atoms with Gasteiger partial charge in [0, 0.05) is 11.6 Å². The van der Waals surface area contributed by atoms with E-state index in [1.165, 1.54) is 0 Å². The molecule has 7 heteroatoms. The number of hydrogen-bond donors (Lipinski definition) is 1. The number of carbonyl (C=O) groups is 2. The van der Waals surface area contributed by atoms with Gasteiger partial charge in [0.05, 0.1) is 7.11 Å². The van der Waals surface area contributed by atoms with Gasteiger partial charge in [0.25, 0.3) is 5.91 Å². The lowest BCUT2D eigenvalue weighted by Crippen LogP contribution is -2.33. The van der Waals surface area contributed by atoms with Gasteiger partial charge in [0.2, 0.25) is 0 Å². The van der Waals surface area contributed by atoms with Crippen molar-refractivity contribution in [1.29, 1.82) is 0 Å². The molecule has 0 aliphatic carbocycles. The Hall–Kier alpha value is -2.73. The summed E-state index contributed by atoms with van der Waals surface area (Å²) in [5.41, 5.74) is 1.07. The summed E-state index contributed by atoms with van der Waals surface area (Å²) in [6.45, 7) is 1.65. The Morgan fingerprint density at radius 2 is 1.67 bits per heavy atom. The summed E-state index contributed by atoms with van der Waals surface area (Å²) in [4.78, 5) is 23.7. The zero-order chi connectivity index (χ0) is 19.6. The predicted molar refractivity (Wildman–Crippen MR) is 102 cm³/mol. The number of nitrogens with one attached hydrogen (secondary N) is 1. The Bertz CT molecular complexity index is 746. The van der Waals surface area contributed by atoms with Crippen LogP contribution in [0.4, 0.5) is 0 Å². The lowest BCUT2D eigenvalue weighted by atomic mass is 10.1. The van der Waals surface area contributed by atoms with Gasteiger partial charge >= 0.3 is 5.97 Å². The Morgan fingerprint density at radius 3 is 2.30 bits per heavy atom. The van der Waals surface area contributed by atoms with E-state index < -0.39 is 12.1 Å². The number of esters is 1. The Labute approximate surface area is 163 Å². The average Bonchev–Trinajstić information content (AvgIpc) is 2.68. The van der Waals surface area contributed by atoms with Gasteiger partial charge in [-0.25, -0.2) is 4.79 Å². The van der Waals surface area contributed by atoms with Crippen molar-refractivity contribution in [3.8, 4) is 11.5 Å². The summed E-state index contributed by atoms with van der Waals surface area (Å²) >= 11 is 5.79. The van der Waals surface area contributed by atoms with Crippen LogP contribution in [-0.2, 0) is 20.7 Å². The zero-order valence-electron chi connectivity index (χ0n) is 15.2. The van der Waals surface area contributed by atoms with Crippen LogP contribution in [0.15, 0.2) is 48.5 Å². The fraction of sp³-hybridized carbons (Fsp3) is 0.300. The molecule has 0 fully saturated rings. The first kappa shape index (κ1) is 20.6. The average molecular weight is 392 g/mol. The van der Waals surface area contributed by atoms with Crippen molar-refractivity contribution >= 4 is 23.5 Å². The molecule has 144 valence electrons. The molecule has 0 saturated carbocycles. The van der Waals surface area contributed by atoms with Crippen molar-refractivity contribution < 1.29 is 23.8 Å². The van der Waals surface area contributed by atoms with Crippen molar-refractivity contribution in [2.24, 2.45) is 0 Å². The third-order valence-corrected chi connectivity index (χ3v) is 3.95. The summed E-state index contributed by atoms with van der Waals surface area (Å²) in [5, 5.41) is 3.28. The second kappa shape index (κ2) is 10.4. The molecule has 0 aromatic heterocycles. The van der Waals surface area contributed by atoms with E-state index in [0.717, 1.165) is 11.3 Å². The van der Waals surface area contributed by atoms with Gasteiger partial charge in [-0.1, -0.05) is 23.7 Å². The first-order chi connectivity index (χ1) is 13.0. The predicted octanol–water partition coefficient (Wildman–Crippen LogP) is 3.02. The molecule has 27 heavy (non-hydrogen) atoms. The van der Waals surface area contributed by atoms with Gasteiger partial charge in [0.15, 0.2) is 12.7 Å². The normalized spacial score (nSPS) is 11.4. The van der Waals surface area contributed by atoms with Crippen molar-refractivity contribution in [2.75, 3.05) is 20.3 Å². The lowest BCUT2D eigenvalue weighted by molar-refractivity contribution is -0.154. The van der Waals surface area contributed by atoms with Crippen molar-refractivity contribution in [1.82, 2.24) is 5.32 Å². The van der Waals surface area contributed by atoms with Crippen LogP contribution < -0.4 is 14.8 Å². The van der Waals surface area contributed by atoms with E-state index >= 15 is 0 Å². The molecule has 1 amide bonds. The Balaban J connectivity index is 1.66. The summed E-state index contributed by atoms with van der Waals surface area (Å²) in [7, 11) is 1.61. The quantitative estimate of drug-likeness (QED) is 0.665. The molecule has 0 bridgehead atoms. The minimum Gasteiger partial charge on any atom is -0.497 e. The monoisotopic (exact) mass is 391 g/mol. The van der Waals surface area contributed by atoms with Crippen LogP contribution in [0.3, 0.4) is 0 Å². The van der Waals surface area contributed by atoms with Gasteiger partial charge in [-0.15, -0.1) is 0 Å². The van der Waals surface area contributed by atoms with Crippen LogP contribution in [0.25, 0.3) is 0 Å². The number of halogens is 1. The number of methoxy groups -OCH3 is 1. The number of benzene rings is 2. The van der Waals surface area contributed by atoms with Gasteiger partial charge < -0.3 is 19.5 Å². The highest BCUT2D eigenvalue weighted by Gasteiger charge is 2.17. The standard InChI is InChI=1S/C20H22ClNO5/c1-14(27-18-9-5-16(21)6-10-18)20(24)26-13-19(23)22-12-11-15-3-7-17(25-2)8-4-15/h3-10,14H,11-13H2,1-2H3,(H,22,23)/t14-/m0/s1. The van der Waals surface area contributed by atoms with Gasteiger partial charge in [0.1, 0.15) is 11.5 Å². The summed E-state index contributed by atoms with van der Waals surface area (Å²) in [5.74, 6) is 0.295. The van der Waals surface area contributed by atoms with Gasteiger partial charge in [-0.3, -0.25) is 4.79 Å². The Kier molecular flexibility index (Phi) is 7.95. The largest absolute Gasteiger partial charge is 0.497 e. The number of hydrogen-bond acceptors (Lipinski definition) is 5. The maximum absolute atomic E-state index is 11.9. The Morgan fingerprint density at radius 1 is 1.04 bits per heavy atom. The van der Waals surface area contributed by atoms with Crippen molar-refractivity contribution in [3.63, 3.8) is 0 Å². The van der Waals surface area contributed by atoms with E-state index in [1.54, 1.807) is 38.3 Å². The molecule has 0 spiro atoms. The van der Waals surface area contributed by atoms with E-state index in [1.807, 2.05) is 24.3 Å².